The van der Waals surface area contributed by atoms with Gasteiger partial charge in [-0.2, -0.15) is 5.10 Å². The van der Waals surface area contributed by atoms with Gasteiger partial charge in [-0.05, 0) is 36.2 Å². The van der Waals surface area contributed by atoms with Gasteiger partial charge in [0, 0.05) is 17.7 Å². The third kappa shape index (κ3) is 2.83. The summed E-state index contributed by atoms with van der Waals surface area (Å²) < 4.78 is 5.33. The van der Waals surface area contributed by atoms with Crippen molar-refractivity contribution in [1.82, 2.24) is 15.1 Å². The van der Waals surface area contributed by atoms with Gasteiger partial charge in [0.25, 0.3) is 5.91 Å². The van der Waals surface area contributed by atoms with E-state index in [1.807, 2.05) is 42.2 Å². The van der Waals surface area contributed by atoms with Crippen LogP contribution in [0.3, 0.4) is 0 Å². The molecule has 0 saturated heterocycles. The number of fused-ring (bicyclic) bond motifs is 1. The van der Waals surface area contributed by atoms with E-state index in [1.165, 1.54) is 0 Å². The number of nitrogens with one attached hydrogen (secondary N) is 1. The molecular weight excluding hydrogens is 342 g/mol. The van der Waals surface area contributed by atoms with E-state index < -0.39 is 0 Å². The van der Waals surface area contributed by atoms with E-state index in [-0.39, 0.29) is 17.7 Å². The van der Waals surface area contributed by atoms with Crippen molar-refractivity contribution in [2.45, 2.75) is 19.4 Å². The number of aromatic hydroxyl groups is 1. The Bertz CT molecular complexity index is 996. The predicted octanol–water partition coefficient (Wildman–Crippen LogP) is 3.75. The fourth-order valence-electron chi connectivity index (χ4n) is 3.70. The Morgan fingerprint density at radius 2 is 2.04 bits per heavy atom. The molecule has 2 aromatic carbocycles. The van der Waals surface area contributed by atoms with Crippen molar-refractivity contribution < 1.29 is 14.6 Å². The molecule has 3 aromatic rings. The lowest BCUT2D eigenvalue weighted by atomic mass is 9.96. The molecule has 0 spiro atoms. The molecule has 0 radical (unpaired) electrons. The molecule has 0 unspecified atom stereocenters. The molecule has 1 aliphatic heterocycles. The number of aromatic amines is 1. The average Bonchev–Trinajstić information content (AvgIpc) is 3.22. The Morgan fingerprint density at radius 1 is 1.22 bits per heavy atom. The van der Waals surface area contributed by atoms with Gasteiger partial charge in [0.1, 0.15) is 17.2 Å². The standard InChI is InChI=1S/C21H21N3O3/c1-3-10-24-20(14-7-4-8-15(25)11-14)17-18(22-23-19(17)21(24)26)13-6-5-9-16(12-13)27-2/h4-9,11-12,20,25H,3,10H2,1-2H3,(H,22,23)/t20-/m0/s1. The molecule has 6 nitrogen and oxygen atoms in total. The van der Waals surface area contributed by atoms with Crippen LogP contribution in [0.1, 0.15) is 41.0 Å². The molecule has 0 saturated carbocycles. The highest BCUT2D eigenvalue weighted by Gasteiger charge is 2.41. The van der Waals surface area contributed by atoms with E-state index in [1.54, 1.807) is 25.3 Å². The Morgan fingerprint density at radius 3 is 2.78 bits per heavy atom. The number of carbonyl (C=O) groups is 1. The normalized spacial score (nSPS) is 15.9. The summed E-state index contributed by atoms with van der Waals surface area (Å²) in [6.45, 7) is 2.67. The van der Waals surface area contributed by atoms with Crippen LogP contribution in [0.2, 0.25) is 0 Å². The summed E-state index contributed by atoms with van der Waals surface area (Å²) in [4.78, 5) is 14.8. The molecule has 0 aliphatic carbocycles. The number of H-pyrrole nitrogens is 1. The van der Waals surface area contributed by atoms with Crippen LogP contribution in [0.5, 0.6) is 11.5 Å². The van der Waals surface area contributed by atoms with E-state index in [0.29, 0.717) is 12.2 Å². The molecule has 0 bridgehead atoms. The molecule has 1 aromatic heterocycles. The van der Waals surface area contributed by atoms with Crippen LogP contribution in [0.15, 0.2) is 48.5 Å². The van der Waals surface area contributed by atoms with Gasteiger partial charge in [0.15, 0.2) is 0 Å². The third-order valence-corrected chi connectivity index (χ3v) is 4.86. The minimum absolute atomic E-state index is 0.0677. The number of amides is 1. The summed E-state index contributed by atoms with van der Waals surface area (Å²) in [5.74, 6) is 0.839. The number of carbonyl (C=O) groups excluding carboxylic acids is 1. The van der Waals surface area contributed by atoms with Crippen LogP contribution in [-0.2, 0) is 0 Å². The first-order valence-corrected chi connectivity index (χ1v) is 8.96. The lowest BCUT2D eigenvalue weighted by Crippen LogP contribution is -2.30. The van der Waals surface area contributed by atoms with Gasteiger partial charge in [-0.3, -0.25) is 9.89 Å². The maximum Gasteiger partial charge on any atom is 0.273 e. The lowest BCUT2D eigenvalue weighted by Gasteiger charge is -2.26. The maximum atomic E-state index is 13.0. The summed E-state index contributed by atoms with van der Waals surface area (Å²) in [5, 5.41) is 17.3. The molecule has 138 valence electrons. The molecule has 27 heavy (non-hydrogen) atoms. The van der Waals surface area contributed by atoms with Crippen molar-refractivity contribution >= 4 is 5.91 Å². The zero-order valence-electron chi connectivity index (χ0n) is 15.3. The molecule has 2 N–H and O–H groups in total. The second kappa shape index (κ2) is 6.79. The minimum Gasteiger partial charge on any atom is -0.508 e. The number of hydrogen-bond acceptors (Lipinski definition) is 4. The highest BCUT2D eigenvalue weighted by molar-refractivity contribution is 6.00. The quantitative estimate of drug-likeness (QED) is 0.724. The van der Waals surface area contributed by atoms with Gasteiger partial charge in [0.05, 0.1) is 18.8 Å². The Labute approximate surface area is 157 Å². The molecule has 4 rings (SSSR count). The second-order valence-electron chi connectivity index (χ2n) is 6.59. The highest BCUT2D eigenvalue weighted by atomic mass is 16.5. The molecular formula is C21H21N3O3. The summed E-state index contributed by atoms with van der Waals surface area (Å²) in [5.41, 5.74) is 3.82. The van der Waals surface area contributed by atoms with Crippen LogP contribution in [0.25, 0.3) is 11.3 Å². The fraction of sp³-hybridized carbons (Fsp3) is 0.238. The molecule has 0 fully saturated rings. The number of rotatable bonds is 5. The number of phenols is 1. The summed E-state index contributed by atoms with van der Waals surface area (Å²) >= 11 is 0. The average molecular weight is 363 g/mol. The maximum absolute atomic E-state index is 13.0. The first-order valence-electron chi connectivity index (χ1n) is 8.96. The topological polar surface area (TPSA) is 78.5 Å². The van der Waals surface area contributed by atoms with Crippen LogP contribution in [0, 0.1) is 0 Å². The van der Waals surface area contributed by atoms with Gasteiger partial charge in [-0.25, -0.2) is 0 Å². The van der Waals surface area contributed by atoms with Gasteiger partial charge >= 0.3 is 0 Å². The third-order valence-electron chi connectivity index (χ3n) is 4.86. The molecule has 6 heteroatoms. The molecule has 1 aliphatic rings. The zero-order chi connectivity index (χ0) is 19.0. The smallest absolute Gasteiger partial charge is 0.273 e. The second-order valence-corrected chi connectivity index (χ2v) is 6.59. The number of aromatic nitrogens is 2. The molecule has 1 amide bonds. The van der Waals surface area contributed by atoms with Crippen molar-refractivity contribution in [3.8, 4) is 22.8 Å². The van der Waals surface area contributed by atoms with Crippen LogP contribution < -0.4 is 4.74 Å². The van der Waals surface area contributed by atoms with Gasteiger partial charge in [-0.15, -0.1) is 0 Å². The first-order chi connectivity index (χ1) is 13.1. The Kier molecular flexibility index (Phi) is 4.32. The van der Waals surface area contributed by atoms with Crippen molar-refractivity contribution in [2.24, 2.45) is 0 Å². The number of phenolic OH excluding ortho intramolecular Hbond substituents is 1. The number of methoxy groups -OCH3 is 1. The van der Waals surface area contributed by atoms with Crippen molar-refractivity contribution in [3.63, 3.8) is 0 Å². The van der Waals surface area contributed by atoms with E-state index in [2.05, 4.69) is 10.2 Å². The fourth-order valence-corrected chi connectivity index (χ4v) is 3.70. The van der Waals surface area contributed by atoms with E-state index in [0.717, 1.165) is 34.6 Å². The lowest BCUT2D eigenvalue weighted by molar-refractivity contribution is 0.0743. The monoisotopic (exact) mass is 363 g/mol. The number of nitrogens with zero attached hydrogens (tertiary/aromatic N) is 2. The molecule has 2 heterocycles. The van der Waals surface area contributed by atoms with Gasteiger partial charge in [-0.1, -0.05) is 31.2 Å². The number of ether oxygens (including phenoxy) is 1. The summed E-state index contributed by atoms with van der Waals surface area (Å²) in [7, 11) is 1.62. The molecule has 1 atom stereocenters. The number of benzene rings is 2. The first kappa shape index (κ1) is 17.1. The van der Waals surface area contributed by atoms with E-state index in [4.69, 9.17) is 4.74 Å². The van der Waals surface area contributed by atoms with Crippen LogP contribution >= 0.6 is 0 Å². The minimum atomic E-state index is -0.292. The highest BCUT2D eigenvalue weighted by Crippen LogP contribution is 2.43. The van der Waals surface area contributed by atoms with Gasteiger partial charge in [0.2, 0.25) is 0 Å². The van der Waals surface area contributed by atoms with Crippen molar-refractivity contribution in [2.75, 3.05) is 13.7 Å². The summed E-state index contributed by atoms with van der Waals surface area (Å²) in [6.07, 6.45) is 0.841. The van der Waals surface area contributed by atoms with Crippen molar-refractivity contribution in [3.05, 3.63) is 65.4 Å². The summed E-state index contributed by atoms with van der Waals surface area (Å²) in [6, 6.07) is 14.4. The van der Waals surface area contributed by atoms with Crippen LogP contribution in [0.4, 0.5) is 0 Å². The Hall–Kier alpha value is -3.28. The SMILES string of the molecule is CCCN1C(=O)c2[nH]nc(-c3cccc(OC)c3)c2[C@@H]1c1cccc(O)c1. The van der Waals surface area contributed by atoms with Crippen LogP contribution in [-0.4, -0.2) is 39.8 Å². The van der Waals surface area contributed by atoms with E-state index >= 15 is 0 Å². The van der Waals surface area contributed by atoms with E-state index in [9.17, 15) is 9.90 Å². The predicted molar refractivity (Wildman–Crippen MR) is 102 cm³/mol. The largest absolute Gasteiger partial charge is 0.508 e. The van der Waals surface area contributed by atoms with Crippen molar-refractivity contribution in [1.29, 1.82) is 0 Å². The number of hydrogen-bond donors (Lipinski definition) is 2. The van der Waals surface area contributed by atoms with Gasteiger partial charge < -0.3 is 14.7 Å². The Balaban J connectivity index is 1.89. The zero-order valence-corrected chi connectivity index (χ0v) is 15.3.